The lowest BCUT2D eigenvalue weighted by molar-refractivity contribution is -0.122. The van der Waals surface area contributed by atoms with E-state index in [-0.39, 0.29) is 5.91 Å². The molecule has 0 spiro atoms. The molecule has 31 heavy (non-hydrogen) atoms. The molecule has 0 unspecified atom stereocenters. The summed E-state index contributed by atoms with van der Waals surface area (Å²) in [5.74, 6) is 2.05. The van der Waals surface area contributed by atoms with E-state index in [9.17, 15) is 4.79 Å². The van der Waals surface area contributed by atoms with Gasteiger partial charge in [0.2, 0.25) is 0 Å². The van der Waals surface area contributed by atoms with Crippen LogP contribution in [0.4, 0.5) is 0 Å². The molecule has 1 aliphatic heterocycles. The molecule has 0 N–H and O–H groups in total. The van der Waals surface area contributed by atoms with E-state index in [2.05, 4.69) is 0 Å². The van der Waals surface area contributed by atoms with Gasteiger partial charge in [-0.3, -0.25) is 9.69 Å². The molecule has 1 aromatic heterocycles. The van der Waals surface area contributed by atoms with E-state index >= 15 is 0 Å². The number of thioether (sulfide) groups is 1. The Morgan fingerprint density at radius 3 is 2.65 bits per heavy atom. The van der Waals surface area contributed by atoms with E-state index in [0.717, 1.165) is 16.9 Å². The van der Waals surface area contributed by atoms with Crippen molar-refractivity contribution in [3.63, 3.8) is 0 Å². The predicted molar refractivity (Wildman–Crippen MR) is 126 cm³/mol. The first kappa shape index (κ1) is 21.2. The molecule has 5 nitrogen and oxygen atoms in total. The summed E-state index contributed by atoms with van der Waals surface area (Å²) in [5.41, 5.74) is 1.91. The summed E-state index contributed by atoms with van der Waals surface area (Å²) in [5, 5.41) is 0. The molecule has 158 valence electrons. The van der Waals surface area contributed by atoms with Gasteiger partial charge in [0.1, 0.15) is 34.8 Å². The number of benzene rings is 2. The quantitative estimate of drug-likeness (QED) is 0.258. The van der Waals surface area contributed by atoms with Crippen molar-refractivity contribution in [1.82, 2.24) is 4.90 Å². The summed E-state index contributed by atoms with van der Waals surface area (Å²) in [6, 6.07) is 19.1. The van der Waals surface area contributed by atoms with Gasteiger partial charge >= 0.3 is 0 Å². The first-order valence-corrected chi connectivity index (χ1v) is 11.0. The third-order valence-electron chi connectivity index (χ3n) is 4.57. The average Bonchev–Trinajstić information content (AvgIpc) is 3.37. The fraction of sp³-hybridized carbons (Fsp3) is 0.167. The molecule has 0 aliphatic carbocycles. The standard InChI is InChI=1S/C24H21NO4S2/c1-17-9-10-21(29-13-12-28-19-6-3-2-4-7-19)18(14-17)15-22-23(26)25(24(30)31-22)16-20-8-5-11-27-20/h2-11,14-15H,12-13,16H2,1H3/b22-15+. The topological polar surface area (TPSA) is 51.9 Å². The van der Waals surface area contributed by atoms with Gasteiger partial charge in [-0.25, -0.2) is 0 Å². The van der Waals surface area contributed by atoms with Gasteiger partial charge in [0.15, 0.2) is 0 Å². The minimum Gasteiger partial charge on any atom is -0.490 e. The van der Waals surface area contributed by atoms with Crippen molar-refractivity contribution in [1.29, 1.82) is 0 Å². The number of ether oxygens (including phenoxy) is 2. The second-order valence-corrected chi connectivity index (χ2v) is 8.57. The molecule has 0 saturated carbocycles. The number of amides is 1. The normalized spacial score (nSPS) is 15.0. The summed E-state index contributed by atoms with van der Waals surface area (Å²) in [7, 11) is 0. The van der Waals surface area contributed by atoms with Gasteiger partial charge in [0, 0.05) is 5.56 Å². The Labute approximate surface area is 190 Å². The van der Waals surface area contributed by atoms with Crippen LogP contribution in [0.3, 0.4) is 0 Å². The Hall–Kier alpha value is -3.03. The van der Waals surface area contributed by atoms with Crippen LogP contribution in [0.25, 0.3) is 6.08 Å². The highest BCUT2D eigenvalue weighted by Crippen LogP contribution is 2.35. The number of aryl methyl sites for hydroxylation is 1. The third kappa shape index (κ3) is 5.37. The van der Waals surface area contributed by atoms with Crippen molar-refractivity contribution in [2.24, 2.45) is 0 Å². The van der Waals surface area contributed by atoms with Crippen LogP contribution in [0.15, 0.2) is 76.2 Å². The third-order valence-corrected chi connectivity index (χ3v) is 5.95. The maximum Gasteiger partial charge on any atom is 0.266 e. The highest BCUT2D eigenvalue weighted by atomic mass is 32.2. The molecule has 7 heteroatoms. The lowest BCUT2D eigenvalue weighted by Crippen LogP contribution is -2.27. The summed E-state index contributed by atoms with van der Waals surface area (Å²) >= 11 is 6.70. The molecule has 2 heterocycles. The van der Waals surface area contributed by atoms with Gasteiger partial charge in [-0.15, -0.1) is 0 Å². The van der Waals surface area contributed by atoms with Gasteiger partial charge in [-0.1, -0.05) is 53.8 Å². The van der Waals surface area contributed by atoms with Crippen LogP contribution in [-0.2, 0) is 11.3 Å². The van der Waals surface area contributed by atoms with Gasteiger partial charge in [-0.2, -0.15) is 0 Å². The summed E-state index contributed by atoms with van der Waals surface area (Å²) in [6.45, 7) is 3.13. The van der Waals surface area contributed by atoms with Crippen LogP contribution in [0.1, 0.15) is 16.9 Å². The Balaban J connectivity index is 1.45. The van der Waals surface area contributed by atoms with E-state index in [1.165, 1.54) is 11.8 Å². The maximum absolute atomic E-state index is 12.9. The second-order valence-electron chi connectivity index (χ2n) is 6.90. The van der Waals surface area contributed by atoms with E-state index in [1.54, 1.807) is 17.2 Å². The minimum atomic E-state index is -0.133. The molecule has 1 saturated heterocycles. The fourth-order valence-electron chi connectivity index (χ4n) is 3.08. The summed E-state index contributed by atoms with van der Waals surface area (Å²) in [6.07, 6.45) is 3.42. The van der Waals surface area contributed by atoms with Crippen LogP contribution < -0.4 is 9.47 Å². The highest BCUT2D eigenvalue weighted by molar-refractivity contribution is 8.26. The van der Waals surface area contributed by atoms with Gasteiger partial charge < -0.3 is 13.9 Å². The largest absolute Gasteiger partial charge is 0.490 e. The Morgan fingerprint density at radius 2 is 1.87 bits per heavy atom. The SMILES string of the molecule is Cc1ccc(OCCOc2ccccc2)c(/C=C2/SC(=S)N(Cc3ccco3)C2=O)c1. The Kier molecular flexibility index (Phi) is 6.74. The van der Waals surface area contributed by atoms with Crippen molar-refractivity contribution in [2.75, 3.05) is 13.2 Å². The van der Waals surface area contributed by atoms with Crippen LogP contribution in [0.2, 0.25) is 0 Å². The van der Waals surface area contributed by atoms with Crippen LogP contribution in [0.5, 0.6) is 11.5 Å². The fourth-order valence-corrected chi connectivity index (χ4v) is 4.32. The molecular formula is C24H21NO4S2. The molecule has 3 aromatic rings. The molecule has 0 atom stereocenters. The number of nitrogens with zero attached hydrogens (tertiary/aromatic N) is 1. The monoisotopic (exact) mass is 451 g/mol. The molecule has 2 aromatic carbocycles. The second kappa shape index (κ2) is 9.85. The summed E-state index contributed by atoms with van der Waals surface area (Å²) < 4.78 is 17.5. The summed E-state index contributed by atoms with van der Waals surface area (Å²) in [4.78, 5) is 15.0. The number of furan rings is 1. The lowest BCUT2D eigenvalue weighted by atomic mass is 10.1. The van der Waals surface area contributed by atoms with E-state index in [0.29, 0.717) is 40.5 Å². The van der Waals surface area contributed by atoms with Crippen molar-refractivity contribution < 1.29 is 18.7 Å². The van der Waals surface area contributed by atoms with Crippen LogP contribution >= 0.6 is 24.0 Å². The number of para-hydroxylation sites is 1. The molecule has 4 rings (SSSR count). The zero-order valence-electron chi connectivity index (χ0n) is 16.9. The first-order chi connectivity index (χ1) is 15.1. The number of carbonyl (C=O) groups excluding carboxylic acids is 1. The Bertz CT molecular complexity index is 1090. The predicted octanol–water partition coefficient (Wildman–Crippen LogP) is 5.45. The molecule has 1 fully saturated rings. The van der Waals surface area contributed by atoms with Crippen molar-refractivity contribution in [3.8, 4) is 11.5 Å². The molecule has 0 bridgehead atoms. The van der Waals surface area contributed by atoms with Gasteiger partial charge in [0.05, 0.1) is 17.7 Å². The van der Waals surface area contributed by atoms with Crippen LogP contribution in [-0.4, -0.2) is 28.3 Å². The number of rotatable bonds is 8. The van der Waals surface area contributed by atoms with Gasteiger partial charge in [0.25, 0.3) is 5.91 Å². The zero-order chi connectivity index (χ0) is 21.6. The van der Waals surface area contributed by atoms with Crippen molar-refractivity contribution in [2.45, 2.75) is 13.5 Å². The number of carbonyl (C=O) groups is 1. The average molecular weight is 452 g/mol. The number of hydrogen-bond donors (Lipinski definition) is 0. The van der Waals surface area contributed by atoms with E-state index in [4.69, 9.17) is 26.1 Å². The van der Waals surface area contributed by atoms with Crippen molar-refractivity contribution >= 4 is 40.3 Å². The maximum atomic E-state index is 12.9. The number of hydrogen-bond acceptors (Lipinski definition) is 6. The molecule has 1 aliphatic rings. The minimum absolute atomic E-state index is 0.133. The lowest BCUT2D eigenvalue weighted by Gasteiger charge is -2.12. The first-order valence-electron chi connectivity index (χ1n) is 9.79. The van der Waals surface area contributed by atoms with Crippen LogP contribution in [0, 0.1) is 6.92 Å². The van der Waals surface area contributed by atoms with Gasteiger partial charge in [-0.05, 0) is 49.4 Å². The smallest absolute Gasteiger partial charge is 0.266 e. The van der Waals surface area contributed by atoms with E-state index < -0.39 is 0 Å². The van der Waals surface area contributed by atoms with E-state index in [1.807, 2.05) is 67.6 Å². The highest BCUT2D eigenvalue weighted by Gasteiger charge is 2.32. The zero-order valence-corrected chi connectivity index (χ0v) is 18.6. The Morgan fingerprint density at radius 1 is 1.06 bits per heavy atom. The number of thiocarbonyl (C=S) groups is 1. The van der Waals surface area contributed by atoms with Crippen molar-refractivity contribution in [3.05, 3.63) is 88.7 Å². The molecule has 0 radical (unpaired) electrons. The molecular weight excluding hydrogens is 430 g/mol. The molecule has 1 amide bonds.